The molecule has 0 spiro atoms. The van der Waals surface area contributed by atoms with Gasteiger partial charge in [-0.15, -0.1) is 0 Å². The predicted octanol–water partition coefficient (Wildman–Crippen LogP) is 1.41. The number of methoxy groups -OCH3 is 1. The van der Waals surface area contributed by atoms with Crippen LogP contribution in [0, 0.1) is 0 Å². The van der Waals surface area contributed by atoms with E-state index in [1.54, 1.807) is 0 Å². The minimum atomic E-state index is -0.554. The van der Waals surface area contributed by atoms with E-state index in [0.29, 0.717) is 5.82 Å². The van der Waals surface area contributed by atoms with E-state index in [0.717, 1.165) is 5.56 Å². The van der Waals surface area contributed by atoms with Crippen LogP contribution in [-0.4, -0.2) is 34.8 Å². The first kappa shape index (κ1) is 14.0. The van der Waals surface area contributed by atoms with Crippen LogP contribution in [0.4, 0.5) is 5.82 Å². The molecule has 0 aliphatic heterocycles. The van der Waals surface area contributed by atoms with Gasteiger partial charge < -0.3 is 15.2 Å². The Morgan fingerprint density at radius 1 is 1.35 bits per heavy atom. The summed E-state index contributed by atoms with van der Waals surface area (Å²) in [4.78, 5) is 19.4. The Balaban J connectivity index is 2.18. The van der Waals surface area contributed by atoms with Crippen LogP contribution in [0.25, 0.3) is 0 Å². The molecule has 0 saturated carbocycles. The first-order valence-corrected chi connectivity index (χ1v) is 6.07. The molecule has 0 aliphatic carbocycles. The number of esters is 1. The maximum absolute atomic E-state index is 11.4. The fourth-order valence-electron chi connectivity index (χ4n) is 1.74. The molecule has 6 nitrogen and oxygen atoms in total. The molecule has 0 bridgehead atoms. The Labute approximate surface area is 116 Å². The van der Waals surface area contributed by atoms with E-state index < -0.39 is 5.97 Å². The summed E-state index contributed by atoms with van der Waals surface area (Å²) in [5, 5.41) is 12.5. The molecule has 1 aromatic carbocycles. The molecule has 0 radical (unpaired) electrons. The fraction of sp³-hybridized carbons (Fsp3) is 0.214. The Morgan fingerprint density at radius 3 is 2.75 bits per heavy atom. The number of carbonyl (C=O) groups is 1. The van der Waals surface area contributed by atoms with Crippen molar-refractivity contribution in [3.05, 3.63) is 54.0 Å². The molecule has 2 rings (SSSR count). The molecule has 1 unspecified atom stereocenters. The Morgan fingerprint density at radius 2 is 2.10 bits per heavy atom. The maximum atomic E-state index is 11.4. The van der Waals surface area contributed by atoms with Gasteiger partial charge in [0.2, 0.25) is 0 Å². The zero-order chi connectivity index (χ0) is 14.4. The Kier molecular flexibility index (Phi) is 4.62. The number of nitrogens with zero attached hydrogens (tertiary/aromatic N) is 2. The summed E-state index contributed by atoms with van der Waals surface area (Å²) < 4.78 is 4.59. The largest absolute Gasteiger partial charge is 0.464 e. The summed E-state index contributed by atoms with van der Waals surface area (Å²) in [6, 6.07) is 9.14. The molecule has 0 amide bonds. The van der Waals surface area contributed by atoms with Crippen LogP contribution < -0.4 is 5.32 Å². The fourth-order valence-corrected chi connectivity index (χ4v) is 1.74. The number of aliphatic hydroxyl groups excluding tert-OH is 1. The highest BCUT2D eigenvalue weighted by atomic mass is 16.5. The number of carbonyl (C=O) groups excluding carboxylic acids is 1. The number of aromatic nitrogens is 2. The summed E-state index contributed by atoms with van der Waals surface area (Å²) in [6.45, 7) is -0.103. The second-order valence-corrected chi connectivity index (χ2v) is 4.07. The van der Waals surface area contributed by atoms with Crippen LogP contribution in [0.2, 0.25) is 0 Å². The first-order valence-electron chi connectivity index (χ1n) is 6.07. The topological polar surface area (TPSA) is 84.3 Å². The number of nitrogens with one attached hydrogen (secondary N) is 1. The zero-order valence-electron chi connectivity index (χ0n) is 11.0. The van der Waals surface area contributed by atoms with Crippen molar-refractivity contribution >= 4 is 11.8 Å². The SMILES string of the molecule is COC(=O)c1cncc(NC(CO)c2ccccc2)n1. The Bertz CT molecular complexity index is 575. The van der Waals surface area contributed by atoms with Gasteiger partial charge in [0.15, 0.2) is 5.69 Å². The molecule has 2 aromatic rings. The molecule has 1 heterocycles. The van der Waals surface area contributed by atoms with Crippen LogP contribution in [0.5, 0.6) is 0 Å². The number of ether oxygens (including phenoxy) is 1. The first-order chi connectivity index (χ1) is 9.74. The second kappa shape index (κ2) is 6.63. The van der Waals surface area contributed by atoms with Crippen LogP contribution >= 0.6 is 0 Å². The van der Waals surface area contributed by atoms with E-state index in [4.69, 9.17) is 0 Å². The molecule has 104 valence electrons. The van der Waals surface area contributed by atoms with Gasteiger partial charge in [-0.3, -0.25) is 4.98 Å². The van der Waals surface area contributed by atoms with Crippen molar-refractivity contribution in [2.24, 2.45) is 0 Å². The van der Waals surface area contributed by atoms with Crippen LogP contribution in [0.15, 0.2) is 42.7 Å². The molecule has 1 atom stereocenters. The van der Waals surface area contributed by atoms with Gasteiger partial charge in [0.1, 0.15) is 5.82 Å². The summed E-state index contributed by atoms with van der Waals surface area (Å²) >= 11 is 0. The van der Waals surface area contributed by atoms with E-state index in [1.165, 1.54) is 19.5 Å². The molecule has 20 heavy (non-hydrogen) atoms. The van der Waals surface area contributed by atoms with Gasteiger partial charge in [-0.2, -0.15) is 0 Å². The third-order valence-corrected chi connectivity index (χ3v) is 2.74. The number of benzene rings is 1. The number of hydrogen-bond acceptors (Lipinski definition) is 6. The van der Waals surface area contributed by atoms with Gasteiger partial charge in [-0.1, -0.05) is 30.3 Å². The van der Waals surface area contributed by atoms with E-state index in [9.17, 15) is 9.90 Å². The third kappa shape index (κ3) is 3.30. The molecular formula is C14H15N3O3. The lowest BCUT2D eigenvalue weighted by Gasteiger charge is -2.17. The Hall–Kier alpha value is -2.47. The monoisotopic (exact) mass is 273 g/mol. The van der Waals surface area contributed by atoms with Crippen molar-refractivity contribution in [1.29, 1.82) is 0 Å². The molecule has 6 heteroatoms. The quantitative estimate of drug-likeness (QED) is 0.801. The molecule has 0 aliphatic rings. The van der Waals surface area contributed by atoms with Crippen molar-refractivity contribution < 1.29 is 14.6 Å². The van der Waals surface area contributed by atoms with E-state index in [2.05, 4.69) is 20.0 Å². The van der Waals surface area contributed by atoms with Crippen LogP contribution in [0.1, 0.15) is 22.1 Å². The second-order valence-electron chi connectivity index (χ2n) is 4.07. The van der Waals surface area contributed by atoms with Gasteiger partial charge in [0, 0.05) is 0 Å². The minimum Gasteiger partial charge on any atom is -0.464 e. The average molecular weight is 273 g/mol. The highest BCUT2D eigenvalue weighted by Crippen LogP contribution is 2.17. The predicted molar refractivity (Wildman–Crippen MR) is 73.3 cm³/mol. The van der Waals surface area contributed by atoms with Gasteiger partial charge in [-0.25, -0.2) is 9.78 Å². The normalized spacial score (nSPS) is 11.7. The van der Waals surface area contributed by atoms with Crippen molar-refractivity contribution in [3.63, 3.8) is 0 Å². The highest BCUT2D eigenvalue weighted by molar-refractivity contribution is 5.87. The lowest BCUT2D eigenvalue weighted by atomic mass is 10.1. The van der Waals surface area contributed by atoms with Gasteiger partial charge in [0.25, 0.3) is 0 Å². The van der Waals surface area contributed by atoms with Crippen molar-refractivity contribution in [3.8, 4) is 0 Å². The standard InChI is InChI=1S/C14H15N3O3/c1-20-14(19)11-7-15-8-13(16-11)17-12(9-18)10-5-3-2-4-6-10/h2-8,12,18H,9H2,1H3,(H,16,17). The average Bonchev–Trinajstić information content (AvgIpc) is 2.53. The smallest absolute Gasteiger partial charge is 0.358 e. The van der Waals surface area contributed by atoms with E-state index >= 15 is 0 Å². The van der Waals surface area contributed by atoms with Gasteiger partial charge in [0.05, 0.1) is 32.2 Å². The summed E-state index contributed by atoms with van der Waals surface area (Å²) in [5.41, 5.74) is 1.03. The van der Waals surface area contributed by atoms with Gasteiger partial charge in [-0.05, 0) is 5.56 Å². The summed E-state index contributed by atoms with van der Waals surface area (Å²) in [7, 11) is 1.28. The zero-order valence-corrected chi connectivity index (χ0v) is 11.0. The minimum absolute atomic E-state index is 0.103. The van der Waals surface area contributed by atoms with Crippen LogP contribution in [-0.2, 0) is 4.74 Å². The lowest BCUT2D eigenvalue weighted by Crippen LogP contribution is -2.17. The summed E-state index contributed by atoms with van der Waals surface area (Å²) in [6.07, 6.45) is 2.81. The number of aliphatic hydroxyl groups is 1. The van der Waals surface area contributed by atoms with Crippen LogP contribution in [0.3, 0.4) is 0 Å². The van der Waals surface area contributed by atoms with Crippen molar-refractivity contribution in [2.75, 3.05) is 19.0 Å². The number of hydrogen-bond donors (Lipinski definition) is 2. The summed E-state index contributed by atoms with van der Waals surface area (Å²) in [5.74, 6) is -0.155. The van der Waals surface area contributed by atoms with E-state index in [1.807, 2.05) is 30.3 Å². The lowest BCUT2D eigenvalue weighted by molar-refractivity contribution is 0.0593. The molecule has 2 N–H and O–H groups in total. The third-order valence-electron chi connectivity index (χ3n) is 2.74. The molecule has 0 fully saturated rings. The molecular weight excluding hydrogens is 258 g/mol. The molecule has 0 saturated heterocycles. The highest BCUT2D eigenvalue weighted by Gasteiger charge is 2.13. The maximum Gasteiger partial charge on any atom is 0.358 e. The van der Waals surface area contributed by atoms with Crippen molar-refractivity contribution in [2.45, 2.75) is 6.04 Å². The van der Waals surface area contributed by atoms with E-state index in [-0.39, 0.29) is 18.3 Å². The number of anilines is 1. The van der Waals surface area contributed by atoms with Gasteiger partial charge >= 0.3 is 5.97 Å². The number of rotatable bonds is 5. The molecule has 1 aromatic heterocycles. The van der Waals surface area contributed by atoms with Crippen molar-refractivity contribution in [1.82, 2.24) is 9.97 Å².